The van der Waals surface area contributed by atoms with Gasteiger partial charge in [0.1, 0.15) is 6.04 Å². The Labute approximate surface area is 238 Å². The highest BCUT2D eigenvalue weighted by Gasteiger charge is 2.31. The lowest BCUT2D eigenvalue weighted by atomic mass is 10.00. The third-order valence-corrected chi connectivity index (χ3v) is 6.40. The van der Waals surface area contributed by atoms with Crippen molar-refractivity contribution in [1.29, 1.82) is 0 Å². The summed E-state index contributed by atoms with van der Waals surface area (Å²) in [6.07, 6.45) is 2.99. The number of nitrogens with two attached hydrogens (primary N) is 2. The number of aromatic nitrogens is 1. The zero-order chi connectivity index (χ0) is 29.5. The lowest BCUT2D eigenvalue weighted by Crippen LogP contribution is -2.45. The van der Waals surface area contributed by atoms with Gasteiger partial charge < -0.3 is 25.6 Å². The molecule has 0 saturated carbocycles. The molecule has 41 heavy (non-hydrogen) atoms. The smallest absolute Gasteiger partial charge is 0.305 e. The van der Waals surface area contributed by atoms with Crippen molar-refractivity contribution in [2.45, 2.75) is 45.4 Å². The van der Waals surface area contributed by atoms with E-state index in [1.165, 1.54) is 5.01 Å². The SMILES string of the molecule is CCOc1cc(C(C(=O)N[C@H](CC(=O)O)c2cccc(N)c2)N(N)c2ccc3cnccc3c2)ccc1OC(C)C. The Morgan fingerprint density at radius 2 is 1.80 bits per heavy atom. The minimum Gasteiger partial charge on any atom is -0.490 e. The van der Waals surface area contributed by atoms with Crippen molar-refractivity contribution in [3.8, 4) is 11.5 Å². The quantitative estimate of drug-likeness (QED) is 0.110. The van der Waals surface area contributed by atoms with Gasteiger partial charge in [0.2, 0.25) is 5.91 Å². The van der Waals surface area contributed by atoms with Gasteiger partial charge in [0.15, 0.2) is 11.5 Å². The molecule has 0 aliphatic rings. The summed E-state index contributed by atoms with van der Waals surface area (Å²) in [5, 5.41) is 15.7. The van der Waals surface area contributed by atoms with Crippen LogP contribution in [0.1, 0.15) is 50.4 Å². The molecule has 0 aliphatic carbocycles. The van der Waals surface area contributed by atoms with Crippen molar-refractivity contribution in [3.63, 3.8) is 0 Å². The summed E-state index contributed by atoms with van der Waals surface area (Å²) in [4.78, 5) is 30.0. The van der Waals surface area contributed by atoms with Crippen molar-refractivity contribution >= 4 is 34.0 Å². The topological polar surface area (TPSA) is 153 Å². The van der Waals surface area contributed by atoms with Crippen molar-refractivity contribution in [2.24, 2.45) is 5.84 Å². The second-order valence-corrected chi connectivity index (χ2v) is 9.85. The molecule has 10 heteroatoms. The first-order valence-electron chi connectivity index (χ1n) is 13.3. The van der Waals surface area contributed by atoms with Crippen LogP contribution in [0.2, 0.25) is 0 Å². The zero-order valence-corrected chi connectivity index (χ0v) is 23.3. The van der Waals surface area contributed by atoms with Crippen molar-refractivity contribution in [3.05, 3.63) is 90.3 Å². The summed E-state index contributed by atoms with van der Waals surface area (Å²) < 4.78 is 11.8. The number of ether oxygens (including phenoxy) is 2. The second-order valence-electron chi connectivity index (χ2n) is 9.85. The van der Waals surface area contributed by atoms with Crippen molar-refractivity contribution in [1.82, 2.24) is 10.3 Å². The molecule has 4 rings (SSSR count). The lowest BCUT2D eigenvalue weighted by molar-refractivity contribution is -0.137. The number of aliphatic carboxylic acids is 1. The maximum atomic E-state index is 14.1. The Kier molecular flexibility index (Phi) is 9.26. The first-order valence-corrected chi connectivity index (χ1v) is 13.3. The number of carboxylic acids is 1. The first-order chi connectivity index (χ1) is 19.7. The van der Waals surface area contributed by atoms with E-state index < -0.39 is 24.0 Å². The van der Waals surface area contributed by atoms with E-state index in [9.17, 15) is 14.7 Å². The molecule has 0 bridgehead atoms. The zero-order valence-electron chi connectivity index (χ0n) is 23.3. The molecule has 1 heterocycles. The average Bonchev–Trinajstić information content (AvgIpc) is 2.93. The maximum absolute atomic E-state index is 14.1. The molecule has 1 amide bonds. The van der Waals surface area contributed by atoms with Crippen LogP contribution in [0, 0.1) is 0 Å². The fourth-order valence-electron chi connectivity index (χ4n) is 4.59. The number of pyridine rings is 1. The van der Waals surface area contributed by atoms with Gasteiger partial charge in [-0.05, 0) is 79.7 Å². The summed E-state index contributed by atoms with van der Waals surface area (Å²) in [6, 6.07) is 17.5. The van der Waals surface area contributed by atoms with Crippen LogP contribution in [-0.2, 0) is 9.59 Å². The number of anilines is 2. The van der Waals surface area contributed by atoms with Crippen LogP contribution in [0.15, 0.2) is 79.1 Å². The highest BCUT2D eigenvalue weighted by molar-refractivity contribution is 5.90. The molecule has 4 aromatic rings. The van der Waals surface area contributed by atoms with E-state index in [1.807, 2.05) is 39.0 Å². The van der Waals surface area contributed by atoms with Crippen LogP contribution in [0.25, 0.3) is 10.8 Å². The minimum atomic E-state index is -1.07. The molecule has 1 aromatic heterocycles. The predicted octanol–water partition coefficient (Wildman–Crippen LogP) is 4.76. The van der Waals surface area contributed by atoms with Gasteiger partial charge >= 0.3 is 5.97 Å². The lowest BCUT2D eigenvalue weighted by Gasteiger charge is -2.31. The molecule has 2 atom stereocenters. The van der Waals surface area contributed by atoms with Gasteiger partial charge in [-0.15, -0.1) is 0 Å². The van der Waals surface area contributed by atoms with E-state index in [-0.39, 0.29) is 12.5 Å². The van der Waals surface area contributed by atoms with Crippen LogP contribution in [0.3, 0.4) is 0 Å². The molecule has 0 aliphatic heterocycles. The third kappa shape index (κ3) is 7.23. The van der Waals surface area contributed by atoms with Gasteiger partial charge in [-0.1, -0.05) is 24.3 Å². The predicted molar refractivity (Wildman–Crippen MR) is 159 cm³/mol. The van der Waals surface area contributed by atoms with E-state index >= 15 is 0 Å². The Morgan fingerprint density at radius 3 is 2.51 bits per heavy atom. The van der Waals surface area contributed by atoms with Crippen LogP contribution >= 0.6 is 0 Å². The highest BCUT2D eigenvalue weighted by Crippen LogP contribution is 2.35. The Hall–Kier alpha value is -4.83. The average molecular weight is 558 g/mol. The molecule has 1 unspecified atom stereocenters. The van der Waals surface area contributed by atoms with Gasteiger partial charge in [0.25, 0.3) is 0 Å². The Bertz CT molecular complexity index is 1530. The summed E-state index contributed by atoms with van der Waals surface area (Å²) in [5.74, 6) is 6.12. The molecule has 214 valence electrons. The normalized spacial score (nSPS) is 12.5. The second kappa shape index (κ2) is 13.0. The molecule has 6 N–H and O–H groups in total. The third-order valence-electron chi connectivity index (χ3n) is 6.40. The molecule has 3 aromatic carbocycles. The standard InChI is InChI=1S/C31H35N5O5/c1-4-40-28-16-22(9-11-27(28)41-19(2)3)30(36(33)25-10-8-23-18-34-13-12-20(23)15-25)31(39)35-26(17-29(37)38)21-6-5-7-24(32)14-21/h5-16,18-19,26,30H,4,17,32-33H2,1-3H3,(H,35,39)(H,37,38)/t26-,30?/m1/s1. The summed E-state index contributed by atoms with van der Waals surface area (Å²) >= 11 is 0. The van der Waals surface area contributed by atoms with Crippen molar-refractivity contribution < 1.29 is 24.2 Å². The molecule has 0 fully saturated rings. The largest absolute Gasteiger partial charge is 0.490 e. The van der Waals surface area contributed by atoms with Gasteiger partial charge in [-0.25, -0.2) is 5.84 Å². The number of nitrogen functional groups attached to an aromatic ring is 1. The summed E-state index contributed by atoms with van der Waals surface area (Å²) in [5.41, 5.74) is 8.08. The number of carboxylic acid groups (broad SMARTS) is 1. The number of hydrogen-bond acceptors (Lipinski definition) is 8. The number of fused-ring (bicyclic) bond motifs is 1. The number of rotatable bonds is 12. The number of hydrogen-bond donors (Lipinski definition) is 4. The molecule has 10 nitrogen and oxygen atoms in total. The van der Waals surface area contributed by atoms with Gasteiger partial charge in [-0.2, -0.15) is 0 Å². The first kappa shape index (κ1) is 29.2. The monoisotopic (exact) mass is 557 g/mol. The minimum absolute atomic E-state index is 0.0904. The number of nitrogens with one attached hydrogen (secondary N) is 1. The summed E-state index contributed by atoms with van der Waals surface area (Å²) in [7, 11) is 0. The van der Waals surface area contributed by atoms with Gasteiger partial charge in [0.05, 0.1) is 30.9 Å². The van der Waals surface area contributed by atoms with Gasteiger partial charge in [0, 0.05) is 23.5 Å². The highest BCUT2D eigenvalue weighted by atomic mass is 16.5. The number of hydrazine groups is 1. The summed E-state index contributed by atoms with van der Waals surface area (Å²) in [6.45, 7) is 6.07. The van der Waals surface area contributed by atoms with E-state index in [0.29, 0.717) is 40.6 Å². The maximum Gasteiger partial charge on any atom is 0.305 e. The fourth-order valence-corrected chi connectivity index (χ4v) is 4.59. The number of carbonyl (C=O) groups is 2. The molecular weight excluding hydrogens is 522 g/mol. The number of amides is 1. The number of nitrogens with zero attached hydrogens (tertiary/aromatic N) is 2. The number of carbonyl (C=O) groups excluding carboxylic acids is 1. The van der Waals surface area contributed by atoms with E-state index in [2.05, 4.69) is 10.3 Å². The molecule has 0 saturated heterocycles. The van der Waals surface area contributed by atoms with E-state index in [4.69, 9.17) is 21.1 Å². The van der Waals surface area contributed by atoms with E-state index in [0.717, 1.165) is 10.8 Å². The molecule has 0 radical (unpaired) electrons. The Balaban J connectivity index is 1.78. The molecular formula is C31H35N5O5. The fraction of sp³-hybridized carbons (Fsp3) is 0.258. The molecule has 0 spiro atoms. The van der Waals surface area contributed by atoms with Crippen molar-refractivity contribution in [2.75, 3.05) is 17.3 Å². The number of benzene rings is 3. The van der Waals surface area contributed by atoms with Crippen LogP contribution in [0.4, 0.5) is 11.4 Å². The Morgan fingerprint density at radius 1 is 1.00 bits per heavy atom. The van der Waals surface area contributed by atoms with Crippen LogP contribution in [0.5, 0.6) is 11.5 Å². The van der Waals surface area contributed by atoms with E-state index in [1.54, 1.807) is 60.9 Å². The van der Waals surface area contributed by atoms with Crippen LogP contribution in [-0.4, -0.2) is 34.7 Å². The van der Waals surface area contributed by atoms with Crippen LogP contribution < -0.4 is 31.4 Å². The van der Waals surface area contributed by atoms with Gasteiger partial charge in [-0.3, -0.25) is 19.6 Å².